The Hall–Kier alpha value is -2.34. The predicted molar refractivity (Wildman–Crippen MR) is 106 cm³/mol. The van der Waals surface area contributed by atoms with Crippen molar-refractivity contribution < 1.29 is 0 Å². The zero-order valence-corrected chi connectivity index (χ0v) is 15.6. The summed E-state index contributed by atoms with van der Waals surface area (Å²) in [6.07, 6.45) is 6.12. The van der Waals surface area contributed by atoms with Crippen LogP contribution in [0.3, 0.4) is 0 Å². The van der Waals surface area contributed by atoms with Gasteiger partial charge in [-0.1, -0.05) is 18.2 Å². The Kier molecular flexibility index (Phi) is 6.06. The maximum absolute atomic E-state index is 4.62. The molecule has 3 rings (SSSR count). The van der Waals surface area contributed by atoms with Gasteiger partial charge in [0.15, 0.2) is 5.96 Å². The summed E-state index contributed by atoms with van der Waals surface area (Å²) in [5.41, 5.74) is 2.58. The molecule has 0 aliphatic heterocycles. The maximum Gasteiger partial charge on any atom is 0.191 e. The third-order valence-electron chi connectivity index (χ3n) is 3.98. The highest BCUT2D eigenvalue weighted by atomic mass is 32.1. The number of benzene rings is 1. The molecule has 0 fully saturated rings. The van der Waals surface area contributed by atoms with Crippen LogP contribution in [0.5, 0.6) is 0 Å². The number of aryl methyl sites for hydroxylation is 2. The third kappa shape index (κ3) is 4.82. The zero-order chi connectivity index (χ0) is 17.5. The first-order valence-corrected chi connectivity index (χ1v) is 9.56. The summed E-state index contributed by atoms with van der Waals surface area (Å²) in [5.74, 6) is 0.856. The molecule has 0 radical (unpaired) electrons. The van der Waals surface area contributed by atoms with Crippen molar-refractivity contribution in [2.45, 2.75) is 33.2 Å². The lowest BCUT2D eigenvalue weighted by Crippen LogP contribution is -2.37. The maximum atomic E-state index is 4.62. The lowest BCUT2D eigenvalue weighted by atomic mass is 10.1. The van der Waals surface area contributed by atoms with E-state index >= 15 is 0 Å². The second-order valence-corrected chi connectivity index (χ2v) is 7.27. The van der Waals surface area contributed by atoms with Crippen LogP contribution in [-0.4, -0.2) is 29.0 Å². The molecule has 2 heterocycles. The molecule has 2 aromatic heterocycles. The highest BCUT2D eigenvalue weighted by Crippen LogP contribution is 2.18. The second kappa shape index (κ2) is 8.67. The van der Waals surface area contributed by atoms with Crippen molar-refractivity contribution in [3.05, 3.63) is 52.1 Å². The number of nitrogens with zero attached hydrogens (tertiary/aromatic N) is 2. The quantitative estimate of drug-likeness (QED) is 0.344. The standard InChI is InChI=1S/C19H25N5S/c1-3-20-19(24-13-18-23-11-14(2)25-18)21-10-6-7-15-12-22-17-9-5-4-8-16(15)17/h4-5,8-9,11-12,22H,3,6-7,10,13H2,1-2H3,(H2,20,21,24). The van der Waals surface area contributed by atoms with E-state index in [1.54, 1.807) is 11.3 Å². The van der Waals surface area contributed by atoms with Gasteiger partial charge in [-0.3, -0.25) is 0 Å². The van der Waals surface area contributed by atoms with E-state index in [1.807, 2.05) is 6.20 Å². The molecule has 5 nitrogen and oxygen atoms in total. The minimum absolute atomic E-state index is 0.621. The molecule has 6 heteroatoms. The topological polar surface area (TPSA) is 65.1 Å². The smallest absolute Gasteiger partial charge is 0.191 e. The Bertz CT molecular complexity index is 833. The number of aromatic amines is 1. The van der Waals surface area contributed by atoms with E-state index in [-0.39, 0.29) is 0 Å². The predicted octanol–water partition coefficient (Wildman–Crippen LogP) is 3.62. The number of hydrogen-bond acceptors (Lipinski definition) is 3. The van der Waals surface area contributed by atoms with Crippen LogP contribution < -0.4 is 10.6 Å². The van der Waals surface area contributed by atoms with Gasteiger partial charge >= 0.3 is 0 Å². The molecule has 132 valence electrons. The van der Waals surface area contributed by atoms with Gasteiger partial charge in [0.2, 0.25) is 0 Å². The van der Waals surface area contributed by atoms with Crippen LogP contribution in [0.1, 0.15) is 28.8 Å². The van der Waals surface area contributed by atoms with E-state index in [9.17, 15) is 0 Å². The number of nitrogens with one attached hydrogen (secondary N) is 3. The molecular weight excluding hydrogens is 330 g/mol. The van der Waals surface area contributed by atoms with Crippen molar-refractivity contribution in [3.63, 3.8) is 0 Å². The molecule has 0 saturated carbocycles. The summed E-state index contributed by atoms with van der Waals surface area (Å²) >= 11 is 1.70. The molecule has 3 N–H and O–H groups in total. The fourth-order valence-corrected chi connectivity index (χ4v) is 3.50. The molecule has 0 atom stereocenters. The molecule has 0 saturated heterocycles. The van der Waals surface area contributed by atoms with Gasteiger partial charge in [0, 0.05) is 41.3 Å². The summed E-state index contributed by atoms with van der Waals surface area (Å²) in [6, 6.07) is 8.45. The first-order valence-electron chi connectivity index (χ1n) is 8.74. The van der Waals surface area contributed by atoms with Gasteiger partial charge in [-0.2, -0.15) is 0 Å². The Morgan fingerprint density at radius 2 is 2.16 bits per heavy atom. The second-order valence-electron chi connectivity index (χ2n) is 5.95. The van der Waals surface area contributed by atoms with Crippen LogP contribution >= 0.6 is 11.3 Å². The van der Waals surface area contributed by atoms with Gasteiger partial charge in [0.05, 0.1) is 6.54 Å². The van der Waals surface area contributed by atoms with Crippen molar-refractivity contribution in [2.75, 3.05) is 13.1 Å². The number of aliphatic imine (C=N–C) groups is 1. The monoisotopic (exact) mass is 355 g/mol. The van der Waals surface area contributed by atoms with E-state index in [0.29, 0.717) is 6.54 Å². The number of guanidine groups is 1. The summed E-state index contributed by atoms with van der Waals surface area (Å²) in [6.45, 7) is 6.51. The van der Waals surface area contributed by atoms with Crippen LogP contribution in [-0.2, 0) is 13.0 Å². The summed E-state index contributed by atoms with van der Waals surface area (Å²) in [5, 5.41) is 9.08. The van der Waals surface area contributed by atoms with Gasteiger partial charge in [-0.15, -0.1) is 11.3 Å². The lowest BCUT2D eigenvalue weighted by molar-refractivity contribution is 0.745. The van der Waals surface area contributed by atoms with E-state index in [2.05, 4.69) is 69.9 Å². The van der Waals surface area contributed by atoms with Crippen molar-refractivity contribution >= 4 is 28.2 Å². The van der Waals surface area contributed by atoms with Gasteiger partial charge < -0.3 is 15.6 Å². The van der Waals surface area contributed by atoms with Crippen LogP contribution in [0.25, 0.3) is 10.9 Å². The van der Waals surface area contributed by atoms with Crippen LogP contribution in [0, 0.1) is 6.92 Å². The number of hydrogen-bond donors (Lipinski definition) is 3. The number of H-pyrrole nitrogens is 1. The van der Waals surface area contributed by atoms with Gasteiger partial charge in [-0.05, 0) is 38.3 Å². The summed E-state index contributed by atoms with van der Waals surface area (Å²) < 4.78 is 0. The number of aromatic nitrogens is 2. The SMILES string of the molecule is CCNC(=NCc1ncc(C)s1)NCCCc1c[nH]c2ccccc12. The molecule has 0 bridgehead atoms. The van der Waals surface area contributed by atoms with Crippen LogP contribution in [0.15, 0.2) is 41.7 Å². The number of rotatable bonds is 7. The molecule has 0 aliphatic carbocycles. The summed E-state index contributed by atoms with van der Waals surface area (Å²) in [4.78, 5) is 13.5. The fraction of sp³-hybridized carbons (Fsp3) is 0.368. The summed E-state index contributed by atoms with van der Waals surface area (Å²) in [7, 11) is 0. The molecule has 0 aliphatic rings. The number of fused-ring (bicyclic) bond motifs is 1. The Morgan fingerprint density at radius 3 is 2.96 bits per heavy atom. The highest BCUT2D eigenvalue weighted by Gasteiger charge is 2.03. The average Bonchev–Trinajstić information content (AvgIpc) is 3.22. The zero-order valence-electron chi connectivity index (χ0n) is 14.8. The van der Waals surface area contributed by atoms with Crippen molar-refractivity contribution in [3.8, 4) is 0 Å². The molecule has 1 aromatic carbocycles. The molecule has 0 amide bonds. The Labute approximate surface area is 152 Å². The minimum atomic E-state index is 0.621. The number of para-hydroxylation sites is 1. The van der Waals surface area contributed by atoms with E-state index in [1.165, 1.54) is 21.3 Å². The highest BCUT2D eigenvalue weighted by molar-refractivity contribution is 7.11. The molecule has 0 unspecified atom stereocenters. The van der Waals surface area contributed by atoms with Crippen LogP contribution in [0.4, 0.5) is 0 Å². The van der Waals surface area contributed by atoms with Gasteiger partial charge in [-0.25, -0.2) is 9.98 Å². The van der Waals surface area contributed by atoms with Crippen molar-refractivity contribution in [1.29, 1.82) is 0 Å². The van der Waals surface area contributed by atoms with Gasteiger partial charge in [0.1, 0.15) is 5.01 Å². The molecule has 0 spiro atoms. The van der Waals surface area contributed by atoms with Crippen molar-refractivity contribution in [1.82, 2.24) is 20.6 Å². The first-order chi connectivity index (χ1) is 12.3. The molecule has 3 aromatic rings. The Balaban J connectivity index is 1.49. The van der Waals surface area contributed by atoms with Crippen molar-refractivity contribution in [2.24, 2.45) is 4.99 Å². The average molecular weight is 356 g/mol. The Morgan fingerprint density at radius 1 is 1.28 bits per heavy atom. The van der Waals surface area contributed by atoms with E-state index in [0.717, 1.165) is 36.9 Å². The third-order valence-corrected chi connectivity index (χ3v) is 4.87. The van der Waals surface area contributed by atoms with Gasteiger partial charge in [0.25, 0.3) is 0 Å². The fourth-order valence-electron chi connectivity index (χ4n) is 2.79. The largest absolute Gasteiger partial charge is 0.361 e. The molecular formula is C19H25N5S. The molecule has 25 heavy (non-hydrogen) atoms. The van der Waals surface area contributed by atoms with E-state index in [4.69, 9.17) is 0 Å². The minimum Gasteiger partial charge on any atom is -0.361 e. The lowest BCUT2D eigenvalue weighted by Gasteiger charge is -2.10. The number of thiazole rings is 1. The van der Waals surface area contributed by atoms with Crippen LogP contribution in [0.2, 0.25) is 0 Å². The first kappa shape index (κ1) is 17.5. The van der Waals surface area contributed by atoms with E-state index < -0.39 is 0 Å². The normalized spacial score (nSPS) is 11.8.